The molecule has 1 unspecified atom stereocenters. The summed E-state index contributed by atoms with van der Waals surface area (Å²) >= 11 is 0. The van der Waals surface area contributed by atoms with Gasteiger partial charge in [-0.2, -0.15) is 14.5 Å². The van der Waals surface area contributed by atoms with Gasteiger partial charge in [0.2, 0.25) is 11.8 Å². The molecule has 2 aliphatic heterocycles. The first-order chi connectivity index (χ1) is 16.5. The Morgan fingerprint density at radius 3 is 2.82 bits per heavy atom. The molecule has 3 N–H and O–H groups in total. The number of nitrogens with one attached hydrogen (secondary N) is 1. The molecule has 4 aromatic rings. The number of hydrogen-bond acceptors (Lipinski definition) is 8. The molecule has 2 aliphatic rings. The molecule has 1 saturated heterocycles. The average Bonchev–Trinajstić information content (AvgIpc) is 3.55. The van der Waals surface area contributed by atoms with Crippen LogP contribution >= 0.6 is 0 Å². The Labute approximate surface area is 195 Å². The van der Waals surface area contributed by atoms with Crippen molar-refractivity contribution < 1.29 is 9.23 Å². The second kappa shape index (κ2) is 7.86. The summed E-state index contributed by atoms with van der Waals surface area (Å²) < 4.78 is 18.2. The maximum atomic E-state index is 14.7. The van der Waals surface area contributed by atoms with Crippen LogP contribution in [0.3, 0.4) is 0 Å². The standard InChI is InChI=1S/C23H24FN9O/c1-3-20-26-22-15-4-5-32(21(15)27-23(25)33(22)28-20)11-8-30-6-9-31(10-7-30)18-12-16-14(2)29-34-19(16)13-17(18)24/h1,4-5,12-14,29H,6-11H2,2H3,(H2,25,27). The summed E-state index contributed by atoms with van der Waals surface area (Å²) in [6, 6.07) is 5.39. The SMILES string of the molecule is C#Cc1nc2c3ccn(CCN4CCN(c5cc6c(cc5F)ONC6C)CC4)c3nc(N)n2n1. The lowest BCUT2D eigenvalue weighted by Gasteiger charge is -2.36. The molecular weight excluding hydrogens is 437 g/mol. The number of hydroxylamine groups is 1. The van der Waals surface area contributed by atoms with Crippen molar-refractivity contribution in [2.45, 2.75) is 19.5 Å². The van der Waals surface area contributed by atoms with Gasteiger partial charge in [-0.3, -0.25) is 4.90 Å². The lowest BCUT2D eigenvalue weighted by molar-refractivity contribution is 0.200. The number of piperazine rings is 1. The largest absolute Gasteiger partial charge is 0.408 e. The van der Waals surface area contributed by atoms with Gasteiger partial charge in [0.25, 0.3) is 0 Å². The first-order valence-corrected chi connectivity index (χ1v) is 11.2. The van der Waals surface area contributed by atoms with E-state index >= 15 is 0 Å². The van der Waals surface area contributed by atoms with Gasteiger partial charge in [0.15, 0.2) is 11.4 Å². The van der Waals surface area contributed by atoms with Crippen molar-refractivity contribution in [2.24, 2.45) is 0 Å². The Morgan fingerprint density at radius 1 is 1.21 bits per heavy atom. The number of rotatable bonds is 4. The monoisotopic (exact) mass is 461 g/mol. The van der Waals surface area contributed by atoms with Crippen LogP contribution in [0.5, 0.6) is 5.75 Å². The van der Waals surface area contributed by atoms with E-state index in [1.165, 1.54) is 10.6 Å². The van der Waals surface area contributed by atoms with E-state index in [4.69, 9.17) is 17.0 Å². The van der Waals surface area contributed by atoms with Crippen molar-refractivity contribution >= 4 is 28.3 Å². The molecule has 0 bridgehead atoms. The molecule has 0 radical (unpaired) electrons. The predicted octanol–water partition coefficient (Wildman–Crippen LogP) is 1.56. The molecule has 34 heavy (non-hydrogen) atoms. The van der Waals surface area contributed by atoms with Gasteiger partial charge < -0.3 is 20.0 Å². The number of nitrogens with two attached hydrogens (primary N) is 1. The van der Waals surface area contributed by atoms with Gasteiger partial charge in [-0.1, -0.05) is 0 Å². The molecule has 3 aromatic heterocycles. The van der Waals surface area contributed by atoms with Gasteiger partial charge in [0.1, 0.15) is 11.5 Å². The summed E-state index contributed by atoms with van der Waals surface area (Å²) in [7, 11) is 0. The highest BCUT2D eigenvalue weighted by molar-refractivity contribution is 5.91. The zero-order valence-electron chi connectivity index (χ0n) is 18.7. The fraction of sp³-hybridized carbons (Fsp3) is 0.348. The first-order valence-electron chi connectivity index (χ1n) is 11.2. The van der Waals surface area contributed by atoms with E-state index in [0.717, 1.165) is 55.9 Å². The van der Waals surface area contributed by atoms with Crippen molar-refractivity contribution in [1.29, 1.82) is 0 Å². The highest BCUT2D eigenvalue weighted by atomic mass is 19.1. The molecule has 0 saturated carbocycles. The third kappa shape index (κ3) is 3.30. The van der Waals surface area contributed by atoms with Crippen LogP contribution in [0.2, 0.25) is 0 Å². The van der Waals surface area contributed by atoms with E-state index in [0.29, 0.717) is 17.1 Å². The first kappa shape index (κ1) is 20.7. The van der Waals surface area contributed by atoms with Crippen LogP contribution in [0.15, 0.2) is 24.4 Å². The molecule has 1 aromatic carbocycles. The average molecular weight is 462 g/mol. The maximum absolute atomic E-state index is 14.7. The molecule has 0 aliphatic carbocycles. The number of fused-ring (bicyclic) bond motifs is 4. The van der Waals surface area contributed by atoms with Crippen LogP contribution in [-0.2, 0) is 6.54 Å². The minimum atomic E-state index is -0.252. The Balaban J connectivity index is 1.14. The molecule has 10 nitrogen and oxygen atoms in total. The summed E-state index contributed by atoms with van der Waals surface area (Å²) in [5.41, 5.74) is 12.0. The smallest absolute Gasteiger partial charge is 0.226 e. The molecular formula is C23H24FN9O. The second-order valence-corrected chi connectivity index (χ2v) is 8.64. The lowest BCUT2D eigenvalue weighted by atomic mass is 10.1. The quantitative estimate of drug-likeness (QED) is 0.442. The number of nitrogen functional groups attached to an aromatic ring is 1. The minimum absolute atomic E-state index is 0.0480. The number of anilines is 2. The van der Waals surface area contributed by atoms with Crippen LogP contribution in [0, 0.1) is 18.2 Å². The zero-order chi connectivity index (χ0) is 23.4. The van der Waals surface area contributed by atoms with Gasteiger partial charge >= 0.3 is 0 Å². The maximum Gasteiger partial charge on any atom is 0.226 e. The molecule has 0 spiro atoms. The lowest BCUT2D eigenvalue weighted by Crippen LogP contribution is -2.47. The molecule has 6 rings (SSSR count). The summed E-state index contributed by atoms with van der Waals surface area (Å²) in [5.74, 6) is 3.29. The number of aromatic nitrogens is 5. The van der Waals surface area contributed by atoms with Crippen molar-refractivity contribution in [3.8, 4) is 18.1 Å². The summed E-state index contributed by atoms with van der Waals surface area (Å²) in [6.07, 6.45) is 7.42. The van der Waals surface area contributed by atoms with Crippen LogP contribution < -0.4 is 21.0 Å². The van der Waals surface area contributed by atoms with Crippen LogP contribution in [0.1, 0.15) is 24.4 Å². The zero-order valence-corrected chi connectivity index (χ0v) is 18.7. The fourth-order valence-corrected chi connectivity index (χ4v) is 4.71. The molecule has 11 heteroatoms. The van der Waals surface area contributed by atoms with Gasteiger partial charge in [0, 0.05) is 57.1 Å². The number of nitrogens with zero attached hydrogens (tertiary/aromatic N) is 7. The Bertz CT molecular complexity index is 1440. The van der Waals surface area contributed by atoms with Crippen LogP contribution in [0.25, 0.3) is 16.7 Å². The van der Waals surface area contributed by atoms with Crippen molar-refractivity contribution in [1.82, 2.24) is 34.5 Å². The van der Waals surface area contributed by atoms with Gasteiger partial charge in [-0.15, -0.1) is 17.0 Å². The van der Waals surface area contributed by atoms with E-state index in [1.807, 2.05) is 25.3 Å². The number of terminal acetylenes is 1. The van der Waals surface area contributed by atoms with Crippen molar-refractivity contribution in [2.75, 3.05) is 43.4 Å². The van der Waals surface area contributed by atoms with E-state index < -0.39 is 0 Å². The Kier molecular flexibility index (Phi) is 4.79. The normalized spacial score (nSPS) is 18.4. The number of halogens is 1. The summed E-state index contributed by atoms with van der Waals surface area (Å²) in [4.78, 5) is 18.7. The predicted molar refractivity (Wildman–Crippen MR) is 126 cm³/mol. The highest BCUT2D eigenvalue weighted by Gasteiger charge is 2.26. The second-order valence-electron chi connectivity index (χ2n) is 8.64. The summed E-state index contributed by atoms with van der Waals surface area (Å²) in [5, 5.41) is 5.05. The van der Waals surface area contributed by atoms with E-state index in [-0.39, 0.29) is 23.6 Å². The van der Waals surface area contributed by atoms with Gasteiger partial charge in [-0.05, 0) is 25.0 Å². The summed E-state index contributed by atoms with van der Waals surface area (Å²) in [6.45, 7) is 6.78. The molecule has 1 fully saturated rings. The fourth-order valence-electron chi connectivity index (χ4n) is 4.71. The van der Waals surface area contributed by atoms with Gasteiger partial charge in [0.05, 0.1) is 17.1 Å². The Hall–Kier alpha value is -3.88. The van der Waals surface area contributed by atoms with E-state index in [1.54, 1.807) is 0 Å². The third-order valence-electron chi connectivity index (χ3n) is 6.61. The molecule has 0 amide bonds. The number of hydrogen-bond donors (Lipinski definition) is 2. The van der Waals surface area contributed by atoms with Crippen molar-refractivity contribution in [3.63, 3.8) is 0 Å². The minimum Gasteiger partial charge on any atom is -0.408 e. The van der Waals surface area contributed by atoms with Crippen molar-refractivity contribution in [3.05, 3.63) is 41.6 Å². The van der Waals surface area contributed by atoms with Crippen LogP contribution in [0.4, 0.5) is 16.0 Å². The molecule has 174 valence electrons. The van der Waals surface area contributed by atoms with E-state index in [9.17, 15) is 4.39 Å². The molecule has 5 heterocycles. The van der Waals surface area contributed by atoms with E-state index in [2.05, 4.69) is 40.8 Å². The van der Waals surface area contributed by atoms with Crippen LogP contribution in [-0.4, -0.2) is 61.8 Å². The highest BCUT2D eigenvalue weighted by Crippen LogP contribution is 2.36. The molecule has 1 atom stereocenters. The number of benzene rings is 1. The topological polar surface area (TPSA) is 102 Å². The third-order valence-corrected chi connectivity index (χ3v) is 6.61. The van der Waals surface area contributed by atoms with Gasteiger partial charge in [-0.25, -0.2) is 4.39 Å². The Morgan fingerprint density at radius 2 is 2.03 bits per heavy atom.